The number of halogens is 1. The van der Waals surface area contributed by atoms with E-state index in [1.165, 1.54) is 13.2 Å². The van der Waals surface area contributed by atoms with Gasteiger partial charge in [0.1, 0.15) is 11.4 Å². The van der Waals surface area contributed by atoms with Crippen LogP contribution < -0.4 is 14.8 Å². The molecule has 1 unspecified atom stereocenters. The number of hydrogen-bond donors (Lipinski definition) is 2. The largest absolute Gasteiger partial charge is 0.481 e. The van der Waals surface area contributed by atoms with E-state index >= 15 is 0 Å². The Labute approximate surface area is 218 Å². The van der Waals surface area contributed by atoms with Crippen LogP contribution >= 0.6 is 11.6 Å². The summed E-state index contributed by atoms with van der Waals surface area (Å²) in [6.07, 6.45) is -1.66. The number of methoxy groups -OCH3 is 1. The number of nitrogens with one attached hydrogen (secondary N) is 1. The van der Waals surface area contributed by atoms with Crippen LogP contribution in [0, 0.1) is 6.92 Å². The number of carboxylic acids is 1. The fourth-order valence-electron chi connectivity index (χ4n) is 4.10. The summed E-state index contributed by atoms with van der Waals surface area (Å²) in [7, 11) is 1.43. The molecule has 0 radical (unpaired) electrons. The van der Waals surface area contributed by atoms with Crippen molar-refractivity contribution >= 4 is 23.5 Å². The maximum absolute atomic E-state index is 13.7. The molecule has 2 N–H and O–H groups in total. The smallest absolute Gasteiger partial charge is 0.348 e. The van der Waals surface area contributed by atoms with Gasteiger partial charge in [0.2, 0.25) is 17.9 Å². The number of aryl methyl sites for hydroxylation is 1. The number of amides is 1. The molecule has 9 heteroatoms. The van der Waals surface area contributed by atoms with Gasteiger partial charge in [-0.3, -0.25) is 4.79 Å². The molecule has 0 spiro atoms. The molecule has 188 valence electrons. The van der Waals surface area contributed by atoms with Crippen molar-refractivity contribution in [2.45, 2.75) is 18.6 Å². The molecule has 8 nitrogen and oxygen atoms in total. The van der Waals surface area contributed by atoms with Crippen LogP contribution in [-0.4, -0.2) is 40.2 Å². The lowest BCUT2D eigenvalue weighted by atomic mass is 9.77. The second-order valence-corrected chi connectivity index (χ2v) is 8.51. The van der Waals surface area contributed by atoms with E-state index in [-0.39, 0.29) is 22.3 Å². The summed E-state index contributed by atoms with van der Waals surface area (Å²) < 4.78 is 11.3. The summed E-state index contributed by atoms with van der Waals surface area (Å²) in [6.45, 7) is 1.63. The zero-order chi connectivity index (χ0) is 26.4. The summed E-state index contributed by atoms with van der Waals surface area (Å²) in [5.74, 6) is -1.41. The number of carboxylic acid groups (broad SMARTS) is 1. The van der Waals surface area contributed by atoms with E-state index in [0.717, 1.165) is 0 Å². The molecule has 0 aliphatic heterocycles. The highest BCUT2D eigenvalue weighted by Crippen LogP contribution is 2.37. The van der Waals surface area contributed by atoms with Gasteiger partial charge < -0.3 is 19.9 Å². The molecule has 4 rings (SSSR count). The molecule has 37 heavy (non-hydrogen) atoms. The van der Waals surface area contributed by atoms with Gasteiger partial charge in [0, 0.05) is 0 Å². The first kappa shape index (κ1) is 25.7. The minimum atomic E-state index is -1.70. The fraction of sp³-hybridized carbons (Fsp3) is 0.143. The molecular weight excluding hydrogens is 494 g/mol. The molecule has 4 aromatic rings. The van der Waals surface area contributed by atoms with Crippen molar-refractivity contribution in [3.63, 3.8) is 0 Å². The van der Waals surface area contributed by atoms with Crippen molar-refractivity contribution < 1.29 is 24.2 Å². The number of aliphatic carboxylic acids is 1. The topological polar surface area (TPSA) is 111 Å². The zero-order valence-electron chi connectivity index (χ0n) is 20.1. The van der Waals surface area contributed by atoms with E-state index < -0.39 is 23.5 Å². The Morgan fingerprint density at radius 1 is 0.892 bits per heavy atom. The zero-order valence-corrected chi connectivity index (χ0v) is 20.8. The molecule has 1 amide bonds. The van der Waals surface area contributed by atoms with Crippen molar-refractivity contribution in [1.29, 1.82) is 0 Å². The molecule has 1 atom stereocenters. The van der Waals surface area contributed by atoms with Gasteiger partial charge in [-0.1, -0.05) is 84.4 Å². The number of carbonyl (C=O) groups excluding carboxylic acids is 1. The maximum Gasteiger partial charge on any atom is 0.348 e. The van der Waals surface area contributed by atoms with Crippen molar-refractivity contribution in [3.05, 3.63) is 119 Å². The molecule has 0 saturated carbocycles. The lowest BCUT2D eigenvalue weighted by molar-refractivity contribution is -0.148. The van der Waals surface area contributed by atoms with E-state index in [0.29, 0.717) is 17.0 Å². The van der Waals surface area contributed by atoms with Gasteiger partial charge in [-0.25, -0.2) is 4.79 Å². The van der Waals surface area contributed by atoms with Crippen LogP contribution in [0.4, 0.5) is 0 Å². The van der Waals surface area contributed by atoms with E-state index in [2.05, 4.69) is 15.3 Å². The van der Waals surface area contributed by atoms with Gasteiger partial charge in [-0.05, 0) is 30.2 Å². The van der Waals surface area contributed by atoms with Crippen LogP contribution in [0.15, 0.2) is 91.0 Å². The molecule has 3 aromatic carbocycles. The highest BCUT2D eigenvalue weighted by molar-refractivity contribution is 6.33. The van der Waals surface area contributed by atoms with Gasteiger partial charge >= 0.3 is 5.97 Å². The van der Waals surface area contributed by atoms with E-state index in [9.17, 15) is 14.7 Å². The lowest BCUT2D eigenvalue weighted by Crippen LogP contribution is -2.59. The Hall–Kier alpha value is -4.43. The summed E-state index contributed by atoms with van der Waals surface area (Å²) in [5.41, 5.74) is -0.556. The third-order valence-electron chi connectivity index (χ3n) is 5.74. The van der Waals surface area contributed by atoms with Gasteiger partial charge in [0.25, 0.3) is 5.91 Å². The Kier molecular flexibility index (Phi) is 7.69. The van der Waals surface area contributed by atoms with Gasteiger partial charge in [-0.2, -0.15) is 9.97 Å². The third-order valence-corrected chi connectivity index (χ3v) is 6.07. The molecule has 1 heterocycles. The van der Waals surface area contributed by atoms with Crippen molar-refractivity contribution in [1.82, 2.24) is 15.3 Å². The molecule has 0 bridgehead atoms. The van der Waals surface area contributed by atoms with Crippen LogP contribution in [0.3, 0.4) is 0 Å². The molecule has 0 aliphatic carbocycles. The SMILES string of the molecule is COc1cc(OC(C(=O)O)C(NC(=O)c2ccccc2Cl)(c2ccccc2)c2ccccc2)nc(C)n1. The first-order chi connectivity index (χ1) is 17.8. The minimum absolute atomic E-state index is 0.0278. The van der Waals surface area contributed by atoms with Crippen LogP contribution in [0.2, 0.25) is 5.02 Å². The van der Waals surface area contributed by atoms with Crippen LogP contribution in [0.5, 0.6) is 11.8 Å². The molecule has 0 aliphatic rings. The first-order valence-corrected chi connectivity index (χ1v) is 11.7. The second-order valence-electron chi connectivity index (χ2n) is 8.11. The third kappa shape index (κ3) is 5.39. The fourth-order valence-corrected chi connectivity index (χ4v) is 4.32. The van der Waals surface area contributed by atoms with Crippen molar-refractivity contribution in [2.75, 3.05) is 7.11 Å². The van der Waals surface area contributed by atoms with Crippen molar-refractivity contribution in [3.8, 4) is 11.8 Å². The number of carbonyl (C=O) groups is 2. The Balaban J connectivity index is 1.95. The Morgan fingerprint density at radius 2 is 1.43 bits per heavy atom. The molecular formula is C28H24ClN3O5. The van der Waals surface area contributed by atoms with Gasteiger partial charge in [0.15, 0.2) is 0 Å². The summed E-state index contributed by atoms with van der Waals surface area (Å²) in [5, 5.41) is 13.7. The molecule has 1 aromatic heterocycles. The highest BCUT2D eigenvalue weighted by atomic mass is 35.5. The number of benzene rings is 3. The number of nitrogens with zero attached hydrogens (tertiary/aromatic N) is 2. The lowest BCUT2D eigenvalue weighted by Gasteiger charge is -2.40. The summed E-state index contributed by atoms with van der Waals surface area (Å²) in [4.78, 5) is 35.0. The Bertz CT molecular complexity index is 1360. The van der Waals surface area contributed by atoms with Crippen LogP contribution in [0.25, 0.3) is 0 Å². The number of aromatic nitrogens is 2. The average Bonchev–Trinajstić information content (AvgIpc) is 2.91. The molecule has 0 saturated heterocycles. The quantitative estimate of drug-likeness (QED) is 0.332. The first-order valence-electron chi connectivity index (χ1n) is 11.3. The summed E-state index contributed by atoms with van der Waals surface area (Å²) in [6, 6.07) is 25.4. The predicted octanol–water partition coefficient (Wildman–Crippen LogP) is 4.65. The van der Waals surface area contributed by atoms with Gasteiger partial charge in [-0.15, -0.1) is 0 Å². The van der Waals surface area contributed by atoms with E-state index in [4.69, 9.17) is 21.1 Å². The van der Waals surface area contributed by atoms with Crippen LogP contribution in [0.1, 0.15) is 27.3 Å². The highest BCUT2D eigenvalue weighted by Gasteiger charge is 2.50. The van der Waals surface area contributed by atoms with E-state index in [1.54, 1.807) is 91.9 Å². The predicted molar refractivity (Wildman–Crippen MR) is 138 cm³/mol. The average molecular weight is 518 g/mol. The van der Waals surface area contributed by atoms with Crippen LogP contribution in [-0.2, 0) is 10.3 Å². The normalized spacial score (nSPS) is 11.9. The number of rotatable bonds is 9. The monoisotopic (exact) mass is 517 g/mol. The minimum Gasteiger partial charge on any atom is -0.481 e. The summed E-state index contributed by atoms with van der Waals surface area (Å²) >= 11 is 6.32. The van der Waals surface area contributed by atoms with E-state index in [1.807, 2.05) is 0 Å². The standard InChI is InChI=1S/C28H24ClN3O5/c1-18-30-23(36-2)17-24(31-18)37-25(27(34)35)28(19-11-5-3-6-12-19,20-13-7-4-8-14-20)32-26(33)21-15-9-10-16-22(21)29/h3-17,25H,1-2H3,(H,32,33)(H,34,35). The number of hydrogen-bond acceptors (Lipinski definition) is 6. The maximum atomic E-state index is 13.7. The Morgan fingerprint density at radius 3 is 1.97 bits per heavy atom. The van der Waals surface area contributed by atoms with Gasteiger partial charge in [0.05, 0.1) is 23.8 Å². The second kappa shape index (κ2) is 11.1. The number of ether oxygens (including phenoxy) is 2. The van der Waals surface area contributed by atoms with Crippen molar-refractivity contribution in [2.24, 2.45) is 0 Å². The molecule has 0 fully saturated rings.